The van der Waals surface area contributed by atoms with E-state index in [1.165, 1.54) is 23.5 Å². The number of benzene rings is 1. The number of carbonyl (C=O) groups excluding carboxylic acids is 1. The van der Waals surface area contributed by atoms with Crippen LogP contribution in [0.2, 0.25) is 5.02 Å². The van der Waals surface area contributed by atoms with Crippen LogP contribution in [0.5, 0.6) is 0 Å². The van der Waals surface area contributed by atoms with E-state index in [0.29, 0.717) is 17.0 Å². The van der Waals surface area contributed by atoms with Crippen LogP contribution in [0.15, 0.2) is 29.6 Å². The summed E-state index contributed by atoms with van der Waals surface area (Å²) in [4.78, 5) is 12.8. The van der Waals surface area contributed by atoms with Gasteiger partial charge in [0.1, 0.15) is 5.82 Å². The summed E-state index contributed by atoms with van der Waals surface area (Å²) in [6.45, 7) is -0.0244. The van der Waals surface area contributed by atoms with Crippen LogP contribution in [0.1, 0.15) is 26.8 Å². The van der Waals surface area contributed by atoms with Crippen molar-refractivity contribution in [1.82, 2.24) is 5.32 Å². The maximum absolute atomic E-state index is 13.5. The first-order valence-electron chi connectivity index (χ1n) is 6.48. The summed E-state index contributed by atoms with van der Waals surface area (Å²) in [7, 11) is 1.55. The van der Waals surface area contributed by atoms with Gasteiger partial charge in [-0.3, -0.25) is 4.79 Å². The van der Waals surface area contributed by atoms with Crippen LogP contribution in [-0.2, 0) is 11.3 Å². The Balaban J connectivity index is 2.17. The summed E-state index contributed by atoms with van der Waals surface area (Å²) in [5.74, 6) is -0.931. The predicted octanol–water partition coefficient (Wildman–Crippen LogP) is 3.15. The highest BCUT2D eigenvalue weighted by atomic mass is 35.5. The molecule has 1 heterocycles. The van der Waals surface area contributed by atoms with Gasteiger partial charge < -0.3 is 15.2 Å². The van der Waals surface area contributed by atoms with Gasteiger partial charge in [0.05, 0.1) is 29.2 Å². The van der Waals surface area contributed by atoms with Gasteiger partial charge in [-0.2, -0.15) is 0 Å². The van der Waals surface area contributed by atoms with Gasteiger partial charge in [-0.25, -0.2) is 4.39 Å². The van der Waals surface area contributed by atoms with Gasteiger partial charge in [0.2, 0.25) is 0 Å². The minimum atomic E-state index is -0.711. The molecule has 0 radical (unpaired) electrons. The molecule has 2 N–H and O–H groups in total. The maximum atomic E-state index is 13.5. The summed E-state index contributed by atoms with van der Waals surface area (Å²) in [5, 5.41) is 13.9. The molecule has 2 rings (SSSR count). The molecule has 0 saturated heterocycles. The summed E-state index contributed by atoms with van der Waals surface area (Å²) in [5.41, 5.74) is 1.21. The Morgan fingerprint density at radius 1 is 1.50 bits per heavy atom. The van der Waals surface area contributed by atoms with E-state index >= 15 is 0 Å². The zero-order chi connectivity index (χ0) is 16.1. The normalized spacial score (nSPS) is 12.2. The fraction of sp³-hybridized carbons (Fsp3) is 0.267. The highest BCUT2D eigenvalue weighted by molar-refractivity contribution is 7.12. The van der Waals surface area contributed by atoms with E-state index in [1.807, 2.05) is 0 Å². The zero-order valence-electron chi connectivity index (χ0n) is 11.8. The van der Waals surface area contributed by atoms with Crippen LogP contribution in [-0.4, -0.2) is 24.7 Å². The fourth-order valence-corrected chi connectivity index (χ4v) is 2.92. The molecular weight excluding hydrogens is 329 g/mol. The number of amides is 1. The van der Waals surface area contributed by atoms with Crippen molar-refractivity contribution in [3.8, 4) is 0 Å². The van der Waals surface area contributed by atoms with E-state index < -0.39 is 11.9 Å². The molecule has 0 aliphatic heterocycles. The number of aliphatic hydroxyl groups excluding tert-OH is 1. The molecule has 0 spiro atoms. The summed E-state index contributed by atoms with van der Waals surface area (Å²) >= 11 is 6.92. The lowest BCUT2D eigenvalue weighted by molar-refractivity contribution is 0.0916. The van der Waals surface area contributed by atoms with Crippen LogP contribution in [0.25, 0.3) is 0 Å². The monoisotopic (exact) mass is 343 g/mol. The number of hydrogen-bond donors (Lipinski definition) is 2. The topological polar surface area (TPSA) is 58.6 Å². The van der Waals surface area contributed by atoms with E-state index in [-0.39, 0.29) is 17.5 Å². The quantitative estimate of drug-likeness (QED) is 0.847. The first-order valence-corrected chi connectivity index (χ1v) is 7.74. The highest BCUT2D eigenvalue weighted by Gasteiger charge is 2.19. The third-order valence-corrected chi connectivity index (χ3v) is 4.35. The molecule has 0 aliphatic rings. The van der Waals surface area contributed by atoms with Crippen molar-refractivity contribution >= 4 is 28.8 Å². The average molecular weight is 344 g/mol. The number of carbonyl (C=O) groups is 1. The average Bonchev–Trinajstić information content (AvgIpc) is 2.96. The Bertz CT molecular complexity index is 662. The van der Waals surface area contributed by atoms with Crippen molar-refractivity contribution in [2.24, 2.45) is 0 Å². The lowest BCUT2D eigenvalue weighted by atomic mass is 10.1. The molecule has 0 bridgehead atoms. The molecule has 4 nitrogen and oxygen atoms in total. The van der Waals surface area contributed by atoms with Crippen LogP contribution >= 0.6 is 22.9 Å². The van der Waals surface area contributed by atoms with E-state index in [1.54, 1.807) is 24.6 Å². The van der Waals surface area contributed by atoms with Crippen LogP contribution in [0.3, 0.4) is 0 Å². The number of aliphatic hydroxyl groups is 1. The van der Waals surface area contributed by atoms with Gasteiger partial charge in [-0.15, -0.1) is 11.3 Å². The van der Waals surface area contributed by atoms with Gasteiger partial charge in [-0.1, -0.05) is 17.7 Å². The molecule has 1 aromatic heterocycles. The molecule has 118 valence electrons. The molecule has 0 saturated carbocycles. The van der Waals surface area contributed by atoms with Gasteiger partial charge in [-0.05, 0) is 29.1 Å². The van der Waals surface area contributed by atoms with Crippen LogP contribution in [0, 0.1) is 5.82 Å². The fourth-order valence-electron chi connectivity index (χ4n) is 1.99. The van der Waals surface area contributed by atoms with Crippen molar-refractivity contribution in [2.45, 2.75) is 12.6 Å². The Kier molecular flexibility index (Phi) is 5.90. The van der Waals surface area contributed by atoms with Crippen molar-refractivity contribution in [3.63, 3.8) is 0 Å². The number of thiophene rings is 1. The van der Waals surface area contributed by atoms with Gasteiger partial charge in [0, 0.05) is 12.7 Å². The molecule has 1 aromatic carbocycles. The molecule has 7 heteroatoms. The third kappa shape index (κ3) is 3.84. The molecule has 1 amide bonds. The number of methoxy groups -OCH3 is 1. The SMILES string of the molecule is COCc1ccsc1C(=O)NC(CO)c1ccc(Cl)c(F)c1. The second kappa shape index (κ2) is 7.69. The second-order valence-corrected chi connectivity index (χ2v) is 5.91. The smallest absolute Gasteiger partial charge is 0.262 e. The van der Waals surface area contributed by atoms with E-state index in [9.17, 15) is 14.3 Å². The summed E-state index contributed by atoms with van der Waals surface area (Å²) in [6.07, 6.45) is 0. The standard InChI is InChI=1S/C15H15ClFNO3S/c1-21-8-10-4-5-22-14(10)15(20)18-13(7-19)9-2-3-11(16)12(17)6-9/h2-6,13,19H,7-8H2,1H3,(H,18,20). The predicted molar refractivity (Wildman–Crippen MR) is 83.7 cm³/mol. The second-order valence-electron chi connectivity index (χ2n) is 4.59. The molecule has 2 aromatic rings. The lowest BCUT2D eigenvalue weighted by Crippen LogP contribution is -2.30. The summed E-state index contributed by atoms with van der Waals surface area (Å²) < 4.78 is 18.5. The number of ether oxygens (including phenoxy) is 1. The highest BCUT2D eigenvalue weighted by Crippen LogP contribution is 2.22. The lowest BCUT2D eigenvalue weighted by Gasteiger charge is -2.17. The Morgan fingerprint density at radius 2 is 2.27 bits per heavy atom. The molecular formula is C15H15ClFNO3S. The minimum absolute atomic E-state index is 0.00703. The third-order valence-electron chi connectivity index (χ3n) is 3.09. The van der Waals surface area contributed by atoms with Gasteiger partial charge in [0.25, 0.3) is 5.91 Å². The van der Waals surface area contributed by atoms with Crippen molar-refractivity contribution in [3.05, 3.63) is 56.5 Å². The van der Waals surface area contributed by atoms with Crippen molar-refractivity contribution in [2.75, 3.05) is 13.7 Å². The molecule has 1 unspecified atom stereocenters. The first-order chi connectivity index (χ1) is 10.6. The molecule has 0 fully saturated rings. The minimum Gasteiger partial charge on any atom is -0.394 e. The first kappa shape index (κ1) is 16.9. The largest absolute Gasteiger partial charge is 0.394 e. The van der Waals surface area contributed by atoms with Gasteiger partial charge >= 0.3 is 0 Å². The number of nitrogens with one attached hydrogen (secondary N) is 1. The van der Waals surface area contributed by atoms with Crippen LogP contribution in [0.4, 0.5) is 4.39 Å². The molecule has 1 atom stereocenters. The molecule has 0 aliphatic carbocycles. The number of rotatable bonds is 6. The van der Waals surface area contributed by atoms with Crippen molar-refractivity contribution < 1.29 is 19.0 Å². The van der Waals surface area contributed by atoms with E-state index in [2.05, 4.69) is 5.32 Å². The van der Waals surface area contributed by atoms with E-state index in [4.69, 9.17) is 16.3 Å². The Hall–Kier alpha value is -1.47. The zero-order valence-corrected chi connectivity index (χ0v) is 13.4. The van der Waals surface area contributed by atoms with Gasteiger partial charge in [0.15, 0.2) is 0 Å². The van der Waals surface area contributed by atoms with Crippen LogP contribution < -0.4 is 5.32 Å². The summed E-state index contributed by atoms with van der Waals surface area (Å²) in [6, 6.07) is 5.25. The van der Waals surface area contributed by atoms with E-state index in [0.717, 1.165) is 5.56 Å². The number of halogens is 2. The Morgan fingerprint density at radius 3 is 2.91 bits per heavy atom. The number of hydrogen-bond acceptors (Lipinski definition) is 4. The molecule has 22 heavy (non-hydrogen) atoms. The Labute approximate surface area is 136 Å². The maximum Gasteiger partial charge on any atom is 0.262 e. The van der Waals surface area contributed by atoms with Crippen molar-refractivity contribution in [1.29, 1.82) is 0 Å².